The largest absolute Gasteiger partial charge is 0.464 e. The molecule has 3 aromatic carbocycles. The van der Waals surface area contributed by atoms with Gasteiger partial charge in [0.25, 0.3) is 11.8 Å². The van der Waals surface area contributed by atoms with Crippen molar-refractivity contribution >= 4 is 52.4 Å². The molecule has 4 rings (SSSR count). The van der Waals surface area contributed by atoms with Crippen molar-refractivity contribution in [2.45, 2.75) is 19.4 Å². The summed E-state index contributed by atoms with van der Waals surface area (Å²) in [6, 6.07) is 15.4. The van der Waals surface area contributed by atoms with Gasteiger partial charge in [-0.15, -0.1) is 0 Å². The molecule has 1 atom stereocenters. The van der Waals surface area contributed by atoms with Crippen molar-refractivity contribution in [2.75, 3.05) is 25.8 Å². The van der Waals surface area contributed by atoms with E-state index in [1.807, 2.05) is 0 Å². The van der Waals surface area contributed by atoms with Gasteiger partial charge < -0.3 is 29.7 Å². The Kier molecular flexibility index (Phi) is 9.47. The molecule has 1 aliphatic rings. The van der Waals surface area contributed by atoms with Crippen molar-refractivity contribution in [3.05, 3.63) is 87.4 Å². The zero-order valence-electron chi connectivity index (χ0n) is 21.5. The van der Waals surface area contributed by atoms with Crippen molar-refractivity contribution < 1.29 is 33.4 Å². The summed E-state index contributed by atoms with van der Waals surface area (Å²) >= 11 is 12.2. The van der Waals surface area contributed by atoms with Crippen LogP contribution in [0.15, 0.2) is 65.8 Å². The molecule has 0 spiro atoms. The summed E-state index contributed by atoms with van der Waals surface area (Å²) in [5, 5.41) is 9.74. The average molecular weight is 586 g/mol. The van der Waals surface area contributed by atoms with Gasteiger partial charge in [0.2, 0.25) is 6.79 Å². The van der Waals surface area contributed by atoms with Crippen LogP contribution >= 0.6 is 23.2 Å². The Morgan fingerprint density at radius 1 is 1.00 bits per heavy atom. The van der Waals surface area contributed by atoms with E-state index in [0.717, 1.165) is 0 Å². The number of halogens is 2. The predicted octanol–water partition coefficient (Wildman–Crippen LogP) is 4.62. The van der Waals surface area contributed by atoms with E-state index >= 15 is 0 Å². The van der Waals surface area contributed by atoms with Gasteiger partial charge in [0, 0.05) is 17.7 Å². The number of oxime groups is 1. The number of benzene rings is 3. The van der Waals surface area contributed by atoms with Crippen LogP contribution in [0.3, 0.4) is 0 Å². The fourth-order valence-corrected chi connectivity index (χ4v) is 4.46. The Morgan fingerprint density at radius 3 is 2.38 bits per heavy atom. The molecule has 0 unspecified atom stereocenters. The van der Waals surface area contributed by atoms with Crippen LogP contribution in [0.2, 0.25) is 10.0 Å². The minimum atomic E-state index is -1.04. The summed E-state index contributed by atoms with van der Waals surface area (Å²) in [5.41, 5.74) is 1.69. The minimum Gasteiger partial charge on any atom is -0.464 e. The van der Waals surface area contributed by atoms with Gasteiger partial charge in [0.1, 0.15) is 13.2 Å². The van der Waals surface area contributed by atoms with E-state index in [-0.39, 0.29) is 41.1 Å². The molecule has 0 fully saturated rings. The van der Waals surface area contributed by atoms with Gasteiger partial charge in [0.05, 0.1) is 22.2 Å². The molecule has 0 aromatic heterocycles. The first-order chi connectivity index (χ1) is 19.3. The number of amides is 2. The Labute approximate surface area is 240 Å². The third-order valence-electron chi connectivity index (χ3n) is 5.76. The van der Waals surface area contributed by atoms with Crippen LogP contribution in [-0.4, -0.2) is 50.0 Å². The highest BCUT2D eigenvalue weighted by atomic mass is 35.5. The van der Waals surface area contributed by atoms with Crippen molar-refractivity contribution in [2.24, 2.45) is 5.16 Å². The van der Waals surface area contributed by atoms with Gasteiger partial charge in [-0.25, -0.2) is 4.79 Å². The molecule has 2 N–H and O–H groups in total. The molecule has 12 heteroatoms. The van der Waals surface area contributed by atoms with E-state index in [2.05, 4.69) is 15.8 Å². The lowest BCUT2D eigenvalue weighted by molar-refractivity contribution is -0.146. The Morgan fingerprint density at radius 2 is 1.70 bits per heavy atom. The lowest BCUT2D eigenvalue weighted by Crippen LogP contribution is -2.46. The molecule has 0 aliphatic carbocycles. The first kappa shape index (κ1) is 28.7. The molecule has 3 aromatic rings. The van der Waals surface area contributed by atoms with E-state index in [1.165, 1.54) is 7.11 Å². The third kappa shape index (κ3) is 6.83. The summed E-state index contributed by atoms with van der Waals surface area (Å²) in [7, 11) is 1.31. The quantitative estimate of drug-likeness (QED) is 0.202. The zero-order chi connectivity index (χ0) is 28.6. The molecule has 0 bridgehead atoms. The van der Waals surface area contributed by atoms with E-state index in [1.54, 1.807) is 67.6 Å². The number of carbonyl (C=O) groups excluding carboxylic acids is 3. The first-order valence-corrected chi connectivity index (χ1v) is 12.9. The third-order valence-corrected chi connectivity index (χ3v) is 6.39. The van der Waals surface area contributed by atoms with Crippen LogP contribution in [0.5, 0.6) is 11.5 Å². The number of hydrogen-bond acceptors (Lipinski definition) is 8. The highest BCUT2D eigenvalue weighted by Gasteiger charge is 2.27. The van der Waals surface area contributed by atoms with Crippen molar-refractivity contribution in [1.29, 1.82) is 0 Å². The number of rotatable bonds is 10. The fourth-order valence-electron chi connectivity index (χ4n) is 3.89. The monoisotopic (exact) mass is 585 g/mol. The Balaban J connectivity index is 1.48. The summed E-state index contributed by atoms with van der Waals surface area (Å²) in [6.45, 7) is 1.87. The highest BCUT2D eigenvalue weighted by molar-refractivity contribution is 6.45. The summed E-state index contributed by atoms with van der Waals surface area (Å²) in [5.74, 6) is -0.739. The summed E-state index contributed by atoms with van der Waals surface area (Å²) < 4.78 is 15.9. The van der Waals surface area contributed by atoms with Crippen LogP contribution in [0.4, 0.5) is 5.69 Å². The molecule has 40 heavy (non-hydrogen) atoms. The number of carbonyl (C=O) groups is 3. The average Bonchev–Trinajstić information content (AvgIpc) is 3.40. The van der Waals surface area contributed by atoms with Crippen LogP contribution in [0.25, 0.3) is 0 Å². The number of nitrogens with one attached hydrogen (secondary N) is 2. The minimum absolute atomic E-state index is 0.0635. The highest BCUT2D eigenvalue weighted by Crippen LogP contribution is 2.32. The van der Waals surface area contributed by atoms with Gasteiger partial charge in [-0.3, -0.25) is 9.59 Å². The SMILES string of the molecule is CCOC(=O)[C@H](Cc1ccc(NC(=O)c2c(Cl)cccc2Cl)cc1)NC(=O)C(=NOC)c1ccc2c(c1)OCO2. The van der Waals surface area contributed by atoms with Crippen LogP contribution in [0, 0.1) is 0 Å². The summed E-state index contributed by atoms with van der Waals surface area (Å²) in [6.07, 6.45) is 0.108. The van der Waals surface area contributed by atoms with Gasteiger partial charge in [-0.05, 0) is 55.0 Å². The normalized spacial score (nSPS) is 12.8. The van der Waals surface area contributed by atoms with E-state index in [0.29, 0.717) is 28.3 Å². The second-order valence-electron chi connectivity index (χ2n) is 8.42. The molecular formula is C28H25Cl2N3O7. The molecule has 2 amide bonds. The number of nitrogens with zero attached hydrogens (tertiary/aromatic N) is 1. The molecule has 0 radical (unpaired) electrons. The maximum Gasteiger partial charge on any atom is 0.328 e. The standard InChI is InChI=1S/C28H25Cl2N3O7/c1-3-38-28(36)21(32-27(35)25(33-37-2)17-9-12-22-23(14-17)40-15-39-22)13-16-7-10-18(11-8-16)31-26(34)24-19(29)5-4-6-20(24)30/h4-12,14,21H,3,13,15H2,1-2H3,(H,31,34)(H,32,35)/t21-/m0/s1. The zero-order valence-corrected chi connectivity index (χ0v) is 23.0. The van der Waals surface area contributed by atoms with Crippen LogP contribution in [-0.2, 0) is 25.6 Å². The van der Waals surface area contributed by atoms with Gasteiger partial charge in [-0.1, -0.05) is 46.6 Å². The van der Waals surface area contributed by atoms with Gasteiger partial charge in [-0.2, -0.15) is 0 Å². The number of anilines is 1. The topological polar surface area (TPSA) is 125 Å². The lowest BCUT2D eigenvalue weighted by Gasteiger charge is -2.18. The lowest BCUT2D eigenvalue weighted by atomic mass is 10.0. The fraction of sp³-hybridized carbons (Fsp3) is 0.214. The molecule has 0 saturated heterocycles. The predicted molar refractivity (Wildman–Crippen MR) is 149 cm³/mol. The smallest absolute Gasteiger partial charge is 0.328 e. The van der Waals surface area contributed by atoms with Crippen LogP contribution < -0.4 is 20.1 Å². The number of fused-ring (bicyclic) bond motifs is 1. The van der Waals surface area contributed by atoms with E-state index in [9.17, 15) is 14.4 Å². The van der Waals surface area contributed by atoms with Crippen molar-refractivity contribution in [3.63, 3.8) is 0 Å². The molecule has 0 saturated carbocycles. The Bertz CT molecular complexity index is 1420. The van der Waals surface area contributed by atoms with Crippen molar-refractivity contribution in [3.8, 4) is 11.5 Å². The molecule has 1 heterocycles. The second kappa shape index (κ2) is 13.2. The molecule has 10 nitrogen and oxygen atoms in total. The van der Waals surface area contributed by atoms with Crippen LogP contribution in [0.1, 0.15) is 28.4 Å². The first-order valence-electron chi connectivity index (χ1n) is 12.1. The van der Waals surface area contributed by atoms with E-state index < -0.39 is 23.8 Å². The molecular weight excluding hydrogens is 561 g/mol. The second-order valence-corrected chi connectivity index (χ2v) is 9.23. The maximum absolute atomic E-state index is 13.2. The number of esters is 1. The number of ether oxygens (including phenoxy) is 3. The molecule has 1 aliphatic heterocycles. The Hall–Kier alpha value is -4.28. The molecule has 208 valence electrons. The van der Waals surface area contributed by atoms with E-state index in [4.69, 9.17) is 42.3 Å². The maximum atomic E-state index is 13.2. The van der Waals surface area contributed by atoms with Gasteiger partial charge in [0.15, 0.2) is 17.2 Å². The number of hydrogen-bond donors (Lipinski definition) is 2. The van der Waals surface area contributed by atoms with Gasteiger partial charge >= 0.3 is 5.97 Å². The van der Waals surface area contributed by atoms with Crippen molar-refractivity contribution in [1.82, 2.24) is 5.32 Å². The summed E-state index contributed by atoms with van der Waals surface area (Å²) in [4.78, 5) is 43.6.